The maximum absolute atomic E-state index is 6.03. The van der Waals surface area contributed by atoms with Crippen molar-refractivity contribution in [2.75, 3.05) is 18.4 Å². The average Bonchev–Trinajstić information content (AvgIpc) is 2.25. The van der Waals surface area contributed by atoms with E-state index >= 15 is 0 Å². The first-order valence-electron chi connectivity index (χ1n) is 5.35. The fraction of sp³-hybridized carbons (Fsp3) is 0.545. The third-order valence-electron chi connectivity index (χ3n) is 2.67. The predicted octanol–water partition coefficient (Wildman–Crippen LogP) is 2.21. The monoisotopic (exact) mass is 225 g/mol. The zero-order chi connectivity index (χ0) is 10.7. The summed E-state index contributed by atoms with van der Waals surface area (Å²) in [5, 5.41) is 7.36. The van der Waals surface area contributed by atoms with Crippen molar-refractivity contribution in [3.8, 4) is 0 Å². The maximum atomic E-state index is 6.03. The van der Waals surface area contributed by atoms with Gasteiger partial charge in [-0.3, -0.25) is 0 Å². The van der Waals surface area contributed by atoms with Crippen molar-refractivity contribution in [2.24, 2.45) is 0 Å². The number of aryl methyl sites for hydroxylation is 1. The van der Waals surface area contributed by atoms with Crippen molar-refractivity contribution in [2.45, 2.75) is 25.8 Å². The number of nitrogens with one attached hydrogen (secondary N) is 2. The van der Waals surface area contributed by atoms with Gasteiger partial charge in [-0.15, -0.1) is 0 Å². The second-order valence-electron chi connectivity index (χ2n) is 4.02. The summed E-state index contributed by atoms with van der Waals surface area (Å²) in [6, 6.07) is 2.57. The summed E-state index contributed by atoms with van der Waals surface area (Å²) >= 11 is 6.03. The molecule has 4 heteroatoms. The average molecular weight is 226 g/mol. The van der Waals surface area contributed by atoms with Gasteiger partial charge in [0.1, 0.15) is 0 Å². The molecule has 0 atom stereocenters. The molecule has 0 spiro atoms. The summed E-state index contributed by atoms with van der Waals surface area (Å²) in [6.45, 7) is 4.18. The minimum Gasteiger partial charge on any atom is -0.380 e. The summed E-state index contributed by atoms with van der Waals surface area (Å²) in [4.78, 5) is 4.13. The highest BCUT2D eigenvalue weighted by Gasteiger charge is 2.13. The van der Waals surface area contributed by atoms with Gasteiger partial charge in [-0.2, -0.15) is 0 Å². The Hall–Kier alpha value is -0.800. The van der Waals surface area contributed by atoms with Crippen LogP contribution < -0.4 is 10.6 Å². The molecule has 0 saturated carbocycles. The number of rotatable bonds is 2. The lowest BCUT2D eigenvalue weighted by Gasteiger charge is -2.25. The van der Waals surface area contributed by atoms with Crippen molar-refractivity contribution in [1.82, 2.24) is 10.3 Å². The van der Waals surface area contributed by atoms with Gasteiger partial charge < -0.3 is 10.6 Å². The van der Waals surface area contributed by atoms with Crippen LogP contribution in [0.1, 0.15) is 18.4 Å². The molecule has 0 unspecified atom stereocenters. The Bertz CT molecular complexity index is 335. The molecule has 1 aromatic heterocycles. The van der Waals surface area contributed by atoms with E-state index in [-0.39, 0.29) is 0 Å². The SMILES string of the molecule is Cc1cnc(Cl)c(NC2CCNCC2)c1. The molecule has 0 aromatic carbocycles. The second-order valence-corrected chi connectivity index (χ2v) is 4.38. The second kappa shape index (κ2) is 4.81. The van der Waals surface area contributed by atoms with Gasteiger partial charge in [0.05, 0.1) is 5.69 Å². The fourth-order valence-electron chi connectivity index (χ4n) is 1.84. The standard InChI is InChI=1S/C11H16ClN3/c1-8-6-10(11(12)14-7-8)15-9-2-4-13-5-3-9/h6-7,9,13,15H,2-5H2,1H3. The highest BCUT2D eigenvalue weighted by atomic mass is 35.5. The normalized spacial score (nSPS) is 17.7. The fourth-order valence-corrected chi connectivity index (χ4v) is 2.00. The summed E-state index contributed by atoms with van der Waals surface area (Å²) < 4.78 is 0. The van der Waals surface area contributed by atoms with Crippen LogP contribution in [0.15, 0.2) is 12.3 Å². The number of aromatic nitrogens is 1. The van der Waals surface area contributed by atoms with Crippen LogP contribution in [0.5, 0.6) is 0 Å². The van der Waals surface area contributed by atoms with Crippen molar-refractivity contribution < 1.29 is 0 Å². The molecule has 3 nitrogen and oxygen atoms in total. The third-order valence-corrected chi connectivity index (χ3v) is 2.98. The van der Waals surface area contributed by atoms with Crippen molar-refractivity contribution in [3.05, 3.63) is 23.0 Å². The van der Waals surface area contributed by atoms with Crippen LogP contribution in [0.3, 0.4) is 0 Å². The lowest BCUT2D eigenvalue weighted by Crippen LogP contribution is -2.35. The van der Waals surface area contributed by atoms with Crippen LogP contribution in [0.2, 0.25) is 5.15 Å². The predicted molar refractivity (Wildman–Crippen MR) is 63.5 cm³/mol. The summed E-state index contributed by atoms with van der Waals surface area (Å²) in [6.07, 6.45) is 4.07. The number of nitrogens with zero attached hydrogens (tertiary/aromatic N) is 1. The Kier molecular flexibility index (Phi) is 3.44. The Morgan fingerprint density at radius 2 is 2.20 bits per heavy atom. The van der Waals surface area contributed by atoms with E-state index in [9.17, 15) is 0 Å². The first-order chi connectivity index (χ1) is 7.25. The van der Waals surface area contributed by atoms with E-state index in [1.54, 1.807) is 6.20 Å². The quantitative estimate of drug-likeness (QED) is 0.758. The molecule has 2 N–H and O–H groups in total. The molecular formula is C11H16ClN3. The molecule has 1 aliphatic heterocycles. The van der Waals surface area contributed by atoms with E-state index in [4.69, 9.17) is 11.6 Å². The molecule has 1 saturated heterocycles. The van der Waals surface area contributed by atoms with Crippen LogP contribution in [-0.2, 0) is 0 Å². The van der Waals surface area contributed by atoms with E-state index < -0.39 is 0 Å². The third kappa shape index (κ3) is 2.83. The summed E-state index contributed by atoms with van der Waals surface area (Å²) in [5.41, 5.74) is 2.10. The molecule has 82 valence electrons. The lowest BCUT2D eigenvalue weighted by molar-refractivity contribution is 0.479. The number of anilines is 1. The van der Waals surface area contributed by atoms with Gasteiger partial charge in [-0.1, -0.05) is 11.6 Å². The summed E-state index contributed by atoms with van der Waals surface area (Å²) in [5.74, 6) is 0. The highest BCUT2D eigenvalue weighted by Crippen LogP contribution is 2.22. The first-order valence-corrected chi connectivity index (χ1v) is 5.73. The number of hydrogen-bond acceptors (Lipinski definition) is 3. The molecule has 0 bridgehead atoms. The molecule has 0 radical (unpaired) electrons. The zero-order valence-corrected chi connectivity index (χ0v) is 9.64. The minimum absolute atomic E-state index is 0.521. The van der Waals surface area contributed by atoms with Crippen LogP contribution in [0, 0.1) is 6.92 Å². The Labute approximate surface area is 95.2 Å². The van der Waals surface area contributed by atoms with E-state index in [0.29, 0.717) is 11.2 Å². The molecule has 1 fully saturated rings. The maximum Gasteiger partial charge on any atom is 0.152 e. The van der Waals surface area contributed by atoms with E-state index in [2.05, 4.69) is 21.7 Å². The van der Waals surface area contributed by atoms with Gasteiger partial charge in [0.15, 0.2) is 5.15 Å². The van der Waals surface area contributed by atoms with E-state index in [0.717, 1.165) is 37.2 Å². The van der Waals surface area contributed by atoms with Gasteiger partial charge >= 0.3 is 0 Å². The minimum atomic E-state index is 0.521. The molecule has 2 rings (SSSR count). The number of pyridine rings is 1. The molecule has 15 heavy (non-hydrogen) atoms. The van der Waals surface area contributed by atoms with Crippen molar-refractivity contribution in [3.63, 3.8) is 0 Å². The molecule has 0 aliphatic carbocycles. The lowest BCUT2D eigenvalue weighted by atomic mass is 10.1. The van der Waals surface area contributed by atoms with E-state index in [1.165, 1.54) is 0 Å². The molecule has 2 heterocycles. The van der Waals surface area contributed by atoms with Crippen LogP contribution in [0.4, 0.5) is 5.69 Å². The van der Waals surface area contributed by atoms with Crippen LogP contribution in [0.25, 0.3) is 0 Å². The van der Waals surface area contributed by atoms with Gasteiger partial charge in [0.2, 0.25) is 0 Å². The van der Waals surface area contributed by atoms with Gasteiger partial charge in [0, 0.05) is 12.2 Å². The largest absolute Gasteiger partial charge is 0.380 e. The molecule has 0 amide bonds. The van der Waals surface area contributed by atoms with Gasteiger partial charge in [0.25, 0.3) is 0 Å². The topological polar surface area (TPSA) is 37.0 Å². The Morgan fingerprint density at radius 3 is 2.93 bits per heavy atom. The Morgan fingerprint density at radius 1 is 1.47 bits per heavy atom. The first kappa shape index (κ1) is 10.7. The van der Waals surface area contributed by atoms with E-state index in [1.807, 2.05) is 6.92 Å². The highest BCUT2D eigenvalue weighted by molar-refractivity contribution is 6.31. The smallest absolute Gasteiger partial charge is 0.152 e. The number of halogens is 1. The molecule has 1 aliphatic rings. The number of piperidine rings is 1. The van der Waals surface area contributed by atoms with Crippen LogP contribution >= 0.6 is 11.6 Å². The summed E-state index contributed by atoms with van der Waals surface area (Å²) in [7, 11) is 0. The molecule has 1 aromatic rings. The Balaban J connectivity index is 2.05. The zero-order valence-electron chi connectivity index (χ0n) is 8.89. The van der Waals surface area contributed by atoms with Gasteiger partial charge in [-0.05, 0) is 44.5 Å². The van der Waals surface area contributed by atoms with Gasteiger partial charge in [-0.25, -0.2) is 4.98 Å². The van der Waals surface area contributed by atoms with Crippen LogP contribution in [-0.4, -0.2) is 24.1 Å². The van der Waals surface area contributed by atoms with Crippen molar-refractivity contribution >= 4 is 17.3 Å². The molecular weight excluding hydrogens is 210 g/mol. The van der Waals surface area contributed by atoms with Crippen molar-refractivity contribution in [1.29, 1.82) is 0 Å². The number of hydrogen-bond donors (Lipinski definition) is 2.